The molecular formula is C19H21N3O2. The maximum absolute atomic E-state index is 11.7. The molecule has 1 aliphatic rings. The van der Waals surface area contributed by atoms with Crippen molar-refractivity contribution in [1.29, 1.82) is 0 Å². The predicted molar refractivity (Wildman–Crippen MR) is 94.6 cm³/mol. The first kappa shape index (κ1) is 16.1. The summed E-state index contributed by atoms with van der Waals surface area (Å²) in [4.78, 5) is 17.8. The summed E-state index contributed by atoms with van der Waals surface area (Å²) >= 11 is 0. The molecule has 5 heteroatoms. The molecule has 0 fully saturated rings. The third-order valence-electron chi connectivity index (χ3n) is 4.00. The second kappa shape index (κ2) is 7.17. The number of hydrogen-bond acceptors (Lipinski definition) is 2. The summed E-state index contributed by atoms with van der Waals surface area (Å²) < 4.78 is 5.65. The molecule has 24 heavy (non-hydrogen) atoms. The SMILES string of the molecule is CCOC(=NC(=O)NC)N1Cc2ccccc2-c2ccccc2C1. The average molecular weight is 323 g/mol. The number of benzene rings is 2. The molecule has 0 spiro atoms. The third-order valence-corrected chi connectivity index (χ3v) is 4.00. The zero-order valence-electron chi connectivity index (χ0n) is 14.0. The van der Waals surface area contributed by atoms with E-state index in [0.717, 1.165) is 0 Å². The van der Waals surface area contributed by atoms with E-state index in [4.69, 9.17) is 4.74 Å². The van der Waals surface area contributed by atoms with Crippen LogP contribution in [-0.2, 0) is 17.8 Å². The highest BCUT2D eigenvalue weighted by Gasteiger charge is 2.22. The molecule has 1 aliphatic heterocycles. The van der Waals surface area contributed by atoms with Crippen LogP contribution in [-0.4, -0.2) is 30.6 Å². The van der Waals surface area contributed by atoms with Crippen LogP contribution in [0.15, 0.2) is 53.5 Å². The van der Waals surface area contributed by atoms with E-state index < -0.39 is 6.03 Å². The van der Waals surface area contributed by atoms with Gasteiger partial charge in [-0.25, -0.2) is 4.79 Å². The minimum Gasteiger partial charge on any atom is -0.465 e. The molecule has 0 atom stereocenters. The fourth-order valence-electron chi connectivity index (χ4n) is 2.91. The van der Waals surface area contributed by atoms with Crippen LogP contribution in [0.1, 0.15) is 18.1 Å². The molecule has 3 rings (SSSR count). The number of amidine groups is 1. The van der Waals surface area contributed by atoms with Gasteiger partial charge in [-0.3, -0.25) is 0 Å². The van der Waals surface area contributed by atoms with Gasteiger partial charge in [0, 0.05) is 20.1 Å². The van der Waals surface area contributed by atoms with Crippen LogP contribution < -0.4 is 5.32 Å². The molecule has 0 aliphatic carbocycles. The van der Waals surface area contributed by atoms with Crippen molar-refractivity contribution in [3.8, 4) is 11.1 Å². The predicted octanol–water partition coefficient (Wildman–Crippen LogP) is 3.40. The number of hydrogen-bond donors (Lipinski definition) is 1. The second-order valence-corrected chi connectivity index (χ2v) is 5.55. The summed E-state index contributed by atoms with van der Waals surface area (Å²) in [5.41, 5.74) is 4.80. The lowest BCUT2D eigenvalue weighted by Crippen LogP contribution is -2.33. The van der Waals surface area contributed by atoms with Crippen LogP contribution >= 0.6 is 0 Å². The van der Waals surface area contributed by atoms with Crippen LogP contribution in [0.3, 0.4) is 0 Å². The Bertz CT molecular complexity index is 723. The minimum atomic E-state index is -0.413. The Morgan fingerprint density at radius 3 is 2.12 bits per heavy atom. The zero-order chi connectivity index (χ0) is 16.9. The number of aliphatic imine (C=N–C) groups is 1. The Morgan fingerprint density at radius 2 is 1.62 bits per heavy atom. The van der Waals surface area contributed by atoms with Gasteiger partial charge in [0.15, 0.2) is 0 Å². The molecule has 1 heterocycles. The van der Waals surface area contributed by atoms with E-state index >= 15 is 0 Å². The molecule has 2 amide bonds. The van der Waals surface area contributed by atoms with Gasteiger partial charge in [0.2, 0.25) is 0 Å². The number of ether oxygens (including phenoxy) is 1. The number of urea groups is 1. The number of carbonyl (C=O) groups excluding carboxylic acids is 1. The molecule has 124 valence electrons. The molecular weight excluding hydrogens is 302 g/mol. The Hall–Kier alpha value is -2.82. The highest BCUT2D eigenvalue weighted by atomic mass is 16.5. The van der Waals surface area contributed by atoms with Gasteiger partial charge in [0.05, 0.1) is 6.61 Å². The largest absolute Gasteiger partial charge is 0.465 e. The van der Waals surface area contributed by atoms with Crippen molar-refractivity contribution in [3.63, 3.8) is 0 Å². The summed E-state index contributed by atoms with van der Waals surface area (Å²) in [6.07, 6.45) is 0. The number of rotatable bonds is 1. The normalized spacial score (nSPS) is 13.6. The number of fused-ring (bicyclic) bond motifs is 3. The van der Waals surface area contributed by atoms with E-state index in [1.54, 1.807) is 7.05 Å². The lowest BCUT2D eigenvalue weighted by atomic mass is 9.97. The maximum atomic E-state index is 11.7. The van der Waals surface area contributed by atoms with Gasteiger partial charge in [0.1, 0.15) is 0 Å². The summed E-state index contributed by atoms with van der Waals surface area (Å²) in [6, 6.07) is 16.6. The average Bonchev–Trinajstić information content (AvgIpc) is 2.78. The molecule has 2 aromatic carbocycles. The molecule has 0 bridgehead atoms. The molecule has 0 unspecified atom stereocenters. The fourth-order valence-corrected chi connectivity index (χ4v) is 2.91. The van der Waals surface area contributed by atoms with Crippen LogP contribution in [0.2, 0.25) is 0 Å². The minimum absolute atomic E-state index is 0.350. The van der Waals surface area contributed by atoms with E-state index in [0.29, 0.717) is 25.7 Å². The van der Waals surface area contributed by atoms with Gasteiger partial charge in [-0.15, -0.1) is 4.99 Å². The van der Waals surface area contributed by atoms with Crippen LogP contribution in [0.4, 0.5) is 4.79 Å². The van der Waals surface area contributed by atoms with Crippen LogP contribution in [0.25, 0.3) is 11.1 Å². The van der Waals surface area contributed by atoms with Gasteiger partial charge >= 0.3 is 6.03 Å². The first-order chi connectivity index (χ1) is 11.7. The molecule has 2 aromatic rings. The van der Waals surface area contributed by atoms with E-state index in [9.17, 15) is 4.79 Å². The molecule has 5 nitrogen and oxygen atoms in total. The van der Waals surface area contributed by atoms with Gasteiger partial charge in [-0.1, -0.05) is 48.5 Å². The second-order valence-electron chi connectivity index (χ2n) is 5.55. The molecule has 1 N–H and O–H groups in total. The number of nitrogens with one attached hydrogen (secondary N) is 1. The first-order valence-corrected chi connectivity index (χ1v) is 8.07. The standard InChI is InChI=1S/C19H21N3O2/c1-3-24-19(21-18(23)20-2)22-12-14-8-4-6-10-16(14)17-11-7-5-9-15(17)13-22/h4-11H,3,12-13H2,1-2H3,(H,20,23). The van der Waals surface area contributed by atoms with Gasteiger partial charge in [-0.05, 0) is 29.2 Å². The Balaban J connectivity index is 2.06. The van der Waals surface area contributed by atoms with Crippen molar-refractivity contribution in [2.45, 2.75) is 20.0 Å². The Morgan fingerprint density at radius 1 is 1.08 bits per heavy atom. The summed E-state index contributed by atoms with van der Waals surface area (Å²) in [7, 11) is 1.56. The summed E-state index contributed by atoms with van der Waals surface area (Å²) in [6.45, 7) is 3.62. The highest BCUT2D eigenvalue weighted by Crippen LogP contribution is 2.32. The number of amides is 2. The molecule has 0 aromatic heterocycles. The van der Waals surface area contributed by atoms with Crippen molar-refractivity contribution in [2.75, 3.05) is 13.7 Å². The topological polar surface area (TPSA) is 53.9 Å². The maximum Gasteiger partial charge on any atom is 0.345 e. The molecule has 0 radical (unpaired) electrons. The Labute approximate surface area is 142 Å². The quantitative estimate of drug-likeness (QED) is 0.646. The highest BCUT2D eigenvalue weighted by molar-refractivity contribution is 5.89. The van der Waals surface area contributed by atoms with Crippen LogP contribution in [0.5, 0.6) is 0 Å². The van der Waals surface area contributed by atoms with Crippen molar-refractivity contribution < 1.29 is 9.53 Å². The first-order valence-electron chi connectivity index (χ1n) is 8.07. The zero-order valence-corrected chi connectivity index (χ0v) is 14.0. The smallest absolute Gasteiger partial charge is 0.345 e. The van der Waals surface area contributed by atoms with Crippen molar-refractivity contribution in [2.24, 2.45) is 4.99 Å². The van der Waals surface area contributed by atoms with Crippen molar-refractivity contribution in [1.82, 2.24) is 10.2 Å². The van der Waals surface area contributed by atoms with Gasteiger partial charge in [-0.2, -0.15) is 0 Å². The van der Waals surface area contributed by atoms with E-state index in [-0.39, 0.29) is 0 Å². The van der Waals surface area contributed by atoms with Crippen molar-refractivity contribution in [3.05, 3.63) is 59.7 Å². The fraction of sp³-hybridized carbons (Fsp3) is 0.263. The molecule has 0 saturated carbocycles. The lowest BCUT2D eigenvalue weighted by Gasteiger charge is -2.24. The number of nitrogens with zero attached hydrogens (tertiary/aromatic N) is 2. The van der Waals surface area contributed by atoms with Crippen molar-refractivity contribution >= 4 is 12.1 Å². The monoisotopic (exact) mass is 323 g/mol. The van der Waals surface area contributed by atoms with E-state index in [1.807, 2.05) is 36.1 Å². The Kier molecular flexibility index (Phi) is 4.79. The van der Waals surface area contributed by atoms with Gasteiger partial charge in [0.25, 0.3) is 6.02 Å². The molecule has 0 saturated heterocycles. The number of carbonyl (C=O) groups is 1. The van der Waals surface area contributed by atoms with Crippen LogP contribution in [0, 0.1) is 0 Å². The lowest BCUT2D eigenvalue weighted by molar-refractivity contribution is 0.227. The van der Waals surface area contributed by atoms with Gasteiger partial charge < -0.3 is 15.0 Å². The van der Waals surface area contributed by atoms with E-state index in [1.165, 1.54) is 22.3 Å². The third kappa shape index (κ3) is 3.25. The summed E-state index contributed by atoms with van der Waals surface area (Å²) in [5, 5.41) is 2.51. The summed E-state index contributed by atoms with van der Waals surface area (Å²) in [5.74, 6) is 0. The van der Waals surface area contributed by atoms with E-state index in [2.05, 4.69) is 34.6 Å².